The lowest BCUT2D eigenvalue weighted by Crippen LogP contribution is -2.59. The van der Waals surface area contributed by atoms with Gasteiger partial charge in [0.05, 0.1) is 0 Å². The Balaban J connectivity index is 2.09. The van der Waals surface area contributed by atoms with Gasteiger partial charge in [-0.1, -0.05) is 44.2 Å². The van der Waals surface area contributed by atoms with Crippen LogP contribution in [0.15, 0.2) is 30.3 Å². The Labute approximate surface area is 158 Å². The van der Waals surface area contributed by atoms with Gasteiger partial charge in [-0.25, -0.2) is 4.79 Å². The maximum absolute atomic E-state index is 12.5. The standard InChI is InChI=1S/C20H24N2O5/c1-13(2)15-8-5-14(6-9-15)7-10-16(23)17-18(24)21-20(26)22(19(17)25)11-4-12-27-3/h5-10,13,17H,4,11-12H2,1-3H3,(H,21,24,26)/b10-7+. The number of amides is 4. The molecule has 144 valence electrons. The van der Waals surface area contributed by atoms with Crippen LogP contribution in [0.2, 0.25) is 0 Å². The molecule has 1 unspecified atom stereocenters. The van der Waals surface area contributed by atoms with Crippen molar-refractivity contribution in [2.24, 2.45) is 5.92 Å². The first-order chi connectivity index (χ1) is 12.8. The number of allylic oxidation sites excluding steroid dienone is 1. The zero-order valence-electron chi connectivity index (χ0n) is 15.7. The van der Waals surface area contributed by atoms with E-state index in [4.69, 9.17) is 4.74 Å². The fraction of sp³-hybridized carbons (Fsp3) is 0.400. The van der Waals surface area contributed by atoms with E-state index in [-0.39, 0.29) is 6.54 Å². The number of benzene rings is 1. The predicted octanol–water partition coefficient (Wildman–Crippen LogP) is 2.12. The van der Waals surface area contributed by atoms with Gasteiger partial charge in [0, 0.05) is 20.3 Å². The molecule has 4 amide bonds. The lowest BCUT2D eigenvalue weighted by atomic mass is 9.97. The number of hydrogen-bond acceptors (Lipinski definition) is 5. The van der Waals surface area contributed by atoms with Gasteiger partial charge < -0.3 is 4.74 Å². The minimum atomic E-state index is -1.54. The van der Waals surface area contributed by atoms with Crippen LogP contribution in [0.1, 0.15) is 37.3 Å². The largest absolute Gasteiger partial charge is 0.385 e. The molecule has 1 aromatic rings. The Kier molecular flexibility index (Phi) is 7.01. The molecule has 1 N–H and O–H groups in total. The average molecular weight is 372 g/mol. The van der Waals surface area contributed by atoms with Gasteiger partial charge in [-0.2, -0.15) is 0 Å². The second-order valence-electron chi connectivity index (χ2n) is 6.62. The second kappa shape index (κ2) is 9.23. The summed E-state index contributed by atoms with van der Waals surface area (Å²) in [6.45, 7) is 4.61. The van der Waals surface area contributed by atoms with Crippen molar-refractivity contribution in [1.29, 1.82) is 0 Å². The van der Waals surface area contributed by atoms with Crippen LogP contribution in [0.5, 0.6) is 0 Å². The number of ketones is 1. The first-order valence-corrected chi connectivity index (χ1v) is 8.82. The van der Waals surface area contributed by atoms with Crippen LogP contribution < -0.4 is 5.32 Å². The molecule has 0 bridgehead atoms. The van der Waals surface area contributed by atoms with Gasteiger partial charge >= 0.3 is 6.03 Å². The van der Waals surface area contributed by atoms with Crippen molar-refractivity contribution in [3.05, 3.63) is 41.5 Å². The summed E-state index contributed by atoms with van der Waals surface area (Å²) in [5.41, 5.74) is 1.95. The highest BCUT2D eigenvalue weighted by Crippen LogP contribution is 2.17. The van der Waals surface area contributed by atoms with Crippen LogP contribution in [-0.2, 0) is 19.1 Å². The topological polar surface area (TPSA) is 92.8 Å². The number of nitrogens with zero attached hydrogens (tertiary/aromatic N) is 1. The van der Waals surface area contributed by atoms with Gasteiger partial charge in [-0.3, -0.25) is 24.6 Å². The summed E-state index contributed by atoms with van der Waals surface area (Å²) in [6.07, 6.45) is 3.18. The molecular formula is C20H24N2O5. The summed E-state index contributed by atoms with van der Waals surface area (Å²) in [6, 6.07) is 6.84. The van der Waals surface area contributed by atoms with E-state index in [1.54, 1.807) is 6.08 Å². The quantitative estimate of drug-likeness (QED) is 0.429. The van der Waals surface area contributed by atoms with Crippen molar-refractivity contribution in [1.82, 2.24) is 10.2 Å². The molecule has 1 aliphatic rings. The minimum absolute atomic E-state index is 0.0793. The summed E-state index contributed by atoms with van der Waals surface area (Å²) in [7, 11) is 1.51. The third kappa shape index (κ3) is 5.10. The van der Waals surface area contributed by atoms with Crippen LogP contribution in [0.3, 0.4) is 0 Å². The maximum Gasteiger partial charge on any atom is 0.330 e. The molecule has 0 saturated carbocycles. The van der Waals surface area contributed by atoms with E-state index in [1.807, 2.05) is 24.3 Å². The minimum Gasteiger partial charge on any atom is -0.385 e. The summed E-state index contributed by atoms with van der Waals surface area (Å²) < 4.78 is 4.89. The zero-order valence-corrected chi connectivity index (χ0v) is 15.7. The number of methoxy groups -OCH3 is 1. The fourth-order valence-corrected chi connectivity index (χ4v) is 2.71. The number of imide groups is 2. The Morgan fingerprint density at radius 3 is 2.48 bits per heavy atom. The number of nitrogens with one attached hydrogen (secondary N) is 1. The van der Waals surface area contributed by atoms with Crippen molar-refractivity contribution in [2.45, 2.75) is 26.2 Å². The molecule has 27 heavy (non-hydrogen) atoms. The first-order valence-electron chi connectivity index (χ1n) is 8.82. The smallest absolute Gasteiger partial charge is 0.330 e. The molecule has 0 radical (unpaired) electrons. The molecule has 1 aromatic carbocycles. The highest BCUT2D eigenvalue weighted by Gasteiger charge is 2.43. The van der Waals surface area contributed by atoms with Gasteiger partial charge in [0.15, 0.2) is 11.7 Å². The monoisotopic (exact) mass is 372 g/mol. The maximum atomic E-state index is 12.5. The first kappa shape index (κ1) is 20.5. The molecule has 2 rings (SSSR count). The van der Waals surface area contributed by atoms with Crippen LogP contribution in [0.25, 0.3) is 6.08 Å². The Bertz CT molecular complexity index is 752. The summed E-state index contributed by atoms with van der Waals surface area (Å²) in [4.78, 5) is 49.6. The Hall–Kier alpha value is -2.80. The van der Waals surface area contributed by atoms with E-state index in [0.717, 1.165) is 10.5 Å². The van der Waals surface area contributed by atoms with Crippen LogP contribution in [0.4, 0.5) is 4.79 Å². The van der Waals surface area contributed by atoms with E-state index in [1.165, 1.54) is 18.7 Å². The predicted molar refractivity (Wildman–Crippen MR) is 99.8 cm³/mol. The summed E-state index contributed by atoms with van der Waals surface area (Å²) in [5, 5.41) is 2.07. The van der Waals surface area contributed by atoms with Crippen molar-refractivity contribution in [3.63, 3.8) is 0 Å². The fourth-order valence-electron chi connectivity index (χ4n) is 2.71. The highest BCUT2D eigenvalue weighted by atomic mass is 16.5. The van der Waals surface area contributed by atoms with E-state index < -0.39 is 29.5 Å². The summed E-state index contributed by atoms with van der Waals surface area (Å²) in [5.74, 6) is -3.50. The lowest BCUT2D eigenvalue weighted by molar-refractivity contribution is -0.146. The average Bonchev–Trinajstić information content (AvgIpc) is 2.62. The molecule has 0 aliphatic carbocycles. The van der Waals surface area contributed by atoms with Gasteiger partial charge in [-0.05, 0) is 29.5 Å². The van der Waals surface area contributed by atoms with Crippen LogP contribution >= 0.6 is 0 Å². The van der Waals surface area contributed by atoms with Crippen LogP contribution in [0, 0.1) is 5.92 Å². The normalized spacial score (nSPS) is 17.7. The van der Waals surface area contributed by atoms with E-state index >= 15 is 0 Å². The number of ether oxygens (including phenoxy) is 1. The number of rotatable bonds is 8. The van der Waals surface area contributed by atoms with Gasteiger partial charge in [0.25, 0.3) is 5.91 Å². The van der Waals surface area contributed by atoms with Crippen LogP contribution in [-0.4, -0.2) is 48.8 Å². The van der Waals surface area contributed by atoms with Crippen molar-refractivity contribution in [2.75, 3.05) is 20.3 Å². The molecule has 1 heterocycles. The SMILES string of the molecule is COCCCN1C(=O)NC(=O)C(C(=O)/C=C/c2ccc(C(C)C)cc2)C1=O. The van der Waals surface area contributed by atoms with Gasteiger partial charge in [0.1, 0.15) is 0 Å². The Morgan fingerprint density at radius 2 is 1.89 bits per heavy atom. The highest BCUT2D eigenvalue weighted by molar-refractivity contribution is 6.28. The zero-order chi connectivity index (χ0) is 20.0. The van der Waals surface area contributed by atoms with E-state index in [0.29, 0.717) is 18.9 Å². The molecule has 7 nitrogen and oxygen atoms in total. The second-order valence-corrected chi connectivity index (χ2v) is 6.62. The number of hydrogen-bond donors (Lipinski definition) is 1. The van der Waals surface area contributed by atoms with E-state index in [9.17, 15) is 19.2 Å². The number of carbonyl (C=O) groups is 4. The van der Waals surface area contributed by atoms with Crippen molar-refractivity contribution in [3.8, 4) is 0 Å². The molecule has 1 aliphatic heterocycles. The molecule has 0 aromatic heterocycles. The lowest BCUT2D eigenvalue weighted by Gasteiger charge is -2.28. The molecule has 1 saturated heterocycles. The van der Waals surface area contributed by atoms with E-state index in [2.05, 4.69) is 19.2 Å². The number of urea groups is 1. The summed E-state index contributed by atoms with van der Waals surface area (Å²) >= 11 is 0. The van der Waals surface area contributed by atoms with Crippen molar-refractivity contribution < 1.29 is 23.9 Å². The Morgan fingerprint density at radius 1 is 1.22 bits per heavy atom. The molecule has 7 heteroatoms. The van der Waals surface area contributed by atoms with Crippen molar-refractivity contribution >= 4 is 29.7 Å². The van der Waals surface area contributed by atoms with Gasteiger partial charge in [0.2, 0.25) is 5.91 Å². The number of barbiturate groups is 1. The third-order valence-corrected chi connectivity index (χ3v) is 4.31. The van der Waals surface area contributed by atoms with Gasteiger partial charge in [-0.15, -0.1) is 0 Å². The number of carbonyl (C=O) groups excluding carboxylic acids is 4. The molecule has 1 fully saturated rings. The molecular weight excluding hydrogens is 348 g/mol. The molecule has 0 spiro atoms. The molecule has 1 atom stereocenters. The third-order valence-electron chi connectivity index (χ3n) is 4.31.